The van der Waals surface area contributed by atoms with Crippen LogP contribution in [0.5, 0.6) is 0 Å². The van der Waals surface area contributed by atoms with Gasteiger partial charge in [0.1, 0.15) is 0 Å². The average molecular weight is 390 g/mol. The minimum absolute atomic E-state index is 0.268. The zero-order valence-corrected chi connectivity index (χ0v) is 12.9. The minimum Gasteiger partial charge on any atom is -0.393 e. The number of carbonyl (C=O) groups is 2. The van der Waals surface area contributed by atoms with Crippen LogP contribution in [0, 0.1) is 0 Å². The Hall–Kier alpha value is -1.49. The van der Waals surface area contributed by atoms with Gasteiger partial charge in [0, 0.05) is 19.3 Å². The second-order valence-corrected chi connectivity index (χ2v) is 5.17. The van der Waals surface area contributed by atoms with E-state index in [1.807, 2.05) is 0 Å². The number of esters is 2. The minimum atomic E-state index is -6.84. The van der Waals surface area contributed by atoms with Crippen molar-refractivity contribution >= 4 is 11.9 Å². The molecule has 12 heteroatoms. The molecule has 0 fully saturated rings. The highest BCUT2D eigenvalue weighted by atomic mass is 19.4. The SMILES string of the molecule is CCCCCC(=O)OC(=O)CCC(F)(C(F)(F)F)C(F)(F)C(F)(F)F. The first-order valence-electron chi connectivity index (χ1n) is 7.04. The number of halogens is 9. The molecule has 0 aliphatic carbocycles. The Morgan fingerprint density at radius 3 is 1.64 bits per heavy atom. The fourth-order valence-corrected chi connectivity index (χ4v) is 1.72. The Balaban J connectivity index is 5.04. The lowest BCUT2D eigenvalue weighted by Crippen LogP contribution is -2.62. The largest absolute Gasteiger partial charge is 0.457 e. The molecule has 0 N–H and O–H groups in total. The standard InChI is InChI=1S/C13H15F9O3/c1-2-3-4-5-8(23)25-9(24)6-7-10(14,12(17,18)19)11(15,16)13(20,21)22/h2-7H2,1H3. The highest BCUT2D eigenvalue weighted by Crippen LogP contribution is 2.54. The van der Waals surface area contributed by atoms with E-state index in [9.17, 15) is 49.1 Å². The summed E-state index contributed by atoms with van der Waals surface area (Å²) in [6, 6.07) is 0. The molecule has 0 aliphatic heterocycles. The fourth-order valence-electron chi connectivity index (χ4n) is 1.72. The van der Waals surface area contributed by atoms with Gasteiger partial charge in [-0.05, 0) is 6.42 Å². The van der Waals surface area contributed by atoms with Crippen LogP contribution in [0.25, 0.3) is 0 Å². The fraction of sp³-hybridized carbons (Fsp3) is 0.846. The number of hydrogen-bond acceptors (Lipinski definition) is 3. The van der Waals surface area contributed by atoms with E-state index in [0.29, 0.717) is 12.8 Å². The van der Waals surface area contributed by atoms with Crippen molar-refractivity contribution in [1.29, 1.82) is 0 Å². The third-order valence-electron chi connectivity index (χ3n) is 3.19. The summed E-state index contributed by atoms with van der Waals surface area (Å²) in [4.78, 5) is 22.3. The molecule has 0 aromatic rings. The average Bonchev–Trinajstić information content (AvgIpc) is 2.42. The van der Waals surface area contributed by atoms with Crippen LogP contribution in [-0.2, 0) is 14.3 Å². The Bertz CT molecular complexity index is 470. The number of unbranched alkanes of at least 4 members (excludes halogenated alkanes) is 2. The van der Waals surface area contributed by atoms with Crippen LogP contribution in [0.4, 0.5) is 39.5 Å². The lowest BCUT2D eigenvalue weighted by atomic mass is 9.90. The second kappa shape index (κ2) is 8.26. The molecule has 0 radical (unpaired) electrons. The third kappa shape index (κ3) is 5.77. The number of alkyl halides is 9. The molecule has 148 valence electrons. The van der Waals surface area contributed by atoms with Crippen molar-refractivity contribution < 1.29 is 53.8 Å². The Morgan fingerprint density at radius 2 is 1.24 bits per heavy atom. The zero-order chi connectivity index (χ0) is 20.1. The lowest BCUT2D eigenvalue weighted by molar-refractivity contribution is -0.384. The van der Waals surface area contributed by atoms with Gasteiger partial charge >= 0.3 is 30.2 Å². The van der Waals surface area contributed by atoms with E-state index in [-0.39, 0.29) is 12.8 Å². The number of ether oxygens (including phenoxy) is 1. The summed E-state index contributed by atoms with van der Waals surface area (Å²) in [5, 5.41) is 0. The molecule has 0 aliphatic rings. The van der Waals surface area contributed by atoms with Gasteiger partial charge in [0.2, 0.25) is 0 Å². The summed E-state index contributed by atoms with van der Waals surface area (Å²) in [5.41, 5.74) is -6.04. The van der Waals surface area contributed by atoms with Gasteiger partial charge in [-0.2, -0.15) is 35.1 Å². The highest BCUT2D eigenvalue weighted by Gasteiger charge is 2.80. The monoisotopic (exact) mass is 390 g/mol. The first-order chi connectivity index (χ1) is 11.1. The number of carbonyl (C=O) groups excluding carboxylic acids is 2. The van der Waals surface area contributed by atoms with Gasteiger partial charge in [-0.3, -0.25) is 9.59 Å². The molecule has 3 nitrogen and oxygen atoms in total. The molecule has 1 atom stereocenters. The molecule has 0 amide bonds. The van der Waals surface area contributed by atoms with Gasteiger partial charge in [-0.15, -0.1) is 0 Å². The Kier molecular flexibility index (Phi) is 7.77. The summed E-state index contributed by atoms with van der Waals surface area (Å²) >= 11 is 0. The van der Waals surface area contributed by atoms with Crippen molar-refractivity contribution in [1.82, 2.24) is 0 Å². The number of rotatable bonds is 8. The van der Waals surface area contributed by atoms with E-state index in [1.54, 1.807) is 6.92 Å². The van der Waals surface area contributed by atoms with Gasteiger partial charge in [0.05, 0.1) is 0 Å². The van der Waals surface area contributed by atoms with Gasteiger partial charge in [-0.25, -0.2) is 4.39 Å². The maximum atomic E-state index is 13.6. The Morgan fingerprint density at radius 1 is 0.760 bits per heavy atom. The third-order valence-corrected chi connectivity index (χ3v) is 3.19. The topological polar surface area (TPSA) is 43.4 Å². The van der Waals surface area contributed by atoms with Crippen molar-refractivity contribution in [2.45, 2.75) is 69.4 Å². The molecular formula is C13H15F9O3. The van der Waals surface area contributed by atoms with Crippen molar-refractivity contribution in [2.24, 2.45) is 0 Å². The summed E-state index contributed by atoms with van der Waals surface area (Å²) in [6.07, 6.45) is -16.6. The van der Waals surface area contributed by atoms with Crippen LogP contribution in [0.3, 0.4) is 0 Å². The van der Waals surface area contributed by atoms with E-state index in [0.717, 1.165) is 0 Å². The van der Waals surface area contributed by atoms with Crippen molar-refractivity contribution in [3.8, 4) is 0 Å². The van der Waals surface area contributed by atoms with Gasteiger partial charge < -0.3 is 4.74 Å². The molecule has 0 saturated heterocycles. The maximum Gasteiger partial charge on any atom is 0.457 e. The lowest BCUT2D eigenvalue weighted by Gasteiger charge is -2.35. The first kappa shape index (κ1) is 23.5. The van der Waals surface area contributed by atoms with Crippen LogP contribution in [0.15, 0.2) is 0 Å². The van der Waals surface area contributed by atoms with Gasteiger partial charge in [0.25, 0.3) is 5.67 Å². The van der Waals surface area contributed by atoms with Gasteiger partial charge in [0.15, 0.2) is 0 Å². The number of hydrogen-bond donors (Lipinski definition) is 0. The van der Waals surface area contributed by atoms with Crippen LogP contribution >= 0.6 is 0 Å². The molecule has 25 heavy (non-hydrogen) atoms. The summed E-state index contributed by atoms with van der Waals surface area (Å²) < 4.78 is 117. The molecule has 0 rings (SSSR count). The van der Waals surface area contributed by atoms with Crippen molar-refractivity contribution in [3.63, 3.8) is 0 Å². The molecule has 0 spiro atoms. The van der Waals surface area contributed by atoms with E-state index in [1.165, 1.54) is 0 Å². The quantitative estimate of drug-likeness (QED) is 0.257. The molecule has 0 aromatic carbocycles. The first-order valence-corrected chi connectivity index (χ1v) is 7.04. The van der Waals surface area contributed by atoms with E-state index in [2.05, 4.69) is 4.74 Å². The predicted octanol–water partition coefficient (Wildman–Crippen LogP) is 4.88. The van der Waals surface area contributed by atoms with Crippen LogP contribution in [0.1, 0.15) is 45.4 Å². The molecule has 0 aromatic heterocycles. The molecule has 0 heterocycles. The summed E-state index contributed by atoms with van der Waals surface area (Å²) in [6.45, 7) is 1.77. The Labute approximate surface area is 136 Å². The van der Waals surface area contributed by atoms with E-state index < -0.39 is 48.7 Å². The van der Waals surface area contributed by atoms with Crippen LogP contribution in [-0.4, -0.2) is 35.9 Å². The van der Waals surface area contributed by atoms with Crippen LogP contribution in [0.2, 0.25) is 0 Å². The normalized spacial score (nSPS) is 15.6. The molecule has 0 saturated carbocycles. The van der Waals surface area contributed by atoms with Gasteiger partial charge in [-0.1, -0.05) is 19.8 Å². The van der Waals surface area contributed by atoms with E-state index >= 15 is 0 Å². The molecule has 0 bridgehead atoms. The smallest absolute Gasteiger partial charge is 0.393 e. The van der Waals surface area contributed by atoms with Crippen LogP contribution < -0.4 is 0 Å². The summed E-state index contributed by atoms with van der Waals surface area (Å²) in [7, 11) is 0. The molecular weight excluding hydrogens is 375 g/mol. The zero-order valence-electron chi connectivity index (χ0n) is 12.9. The predicted molar refractivity (Wildman–Crippen MR) is 65.4 cm³/mol. The summed E-state index contributed by atoms with van der Waals surface area (Å²) in [5.74, 6) is -9.81. The second-order valence-electron chi connectivity index (χ2n) is 5.17. The van der Waals surface area contributed by atoms with E-state index in [4.69, 9.17) is 0 Å². The highest BCUT2D eigenvalue weighted by molar-refractivity contribution is 5.85. The molecule has 1 unspecified atom stereocenters. The van der Waals surface area contributed by atoms with Crippen molar-refractivity contribution in [2.75, 3.05) is 0 Å². The van der Waals surface area contributed by atoms with Crippen molar-refractivity contribution in [3.05, 3.63) is 0 Å². The maximum absolute atomic E-state index is 13.6.